The van der Waals surface area contributed by atoms with E-state index in [0.29, 0.717) is 47.0 Å². The predicted octanol–water partition coefficient (Wildman–Crippen LogP) is 4.90. The van der Waals surface area contributed by atoms with Crippen molar-refractivity contribution in [2.45, 2.75) is 31.4 Å². The van der Waals surface area contributed by atoms with Gasteiger partial charge in [-0.25, -0.2) is 4.39 Å². The normalized spacial score (nSPS) is 16.8. The Kier molecular flexibility index (Phi) is 6.73. The maximum atomic E-state index is 13.4. The molecule has 0 amide bonds. The van der Waals surface area contributed by atoms with Gasteiger partial charge in [-0.2, -0.15) is 23.4 Å². The second-order valence-corrected chi connectivity index (χ2v) is 8.11. The van der Waals surface area contributed by atoms with Crippen LogP contribution in [-0.4, -0.2) is 52.8 Å². The van der Waals surface area contributed by atoms with Gasteiger partial charge < -0.3 is 10.7 Å². The van der Waals surface area contributed by atoms with Gasteiger partial charge in [-0.3, -0.25) is 10.1 Å². The van der Waals surface area contributed by atoms with Gasteiger partial charge in [-0.1, -0.05) is 12.1 Å². The summed E-state index contributed by atoms with van der Waals surface area (Å²) >= 11 is 0. The third-order valence-electron chi connectivity index (χ3n) is 5.91. The Morgan fingerprint density at radius 3 is 2.55 bits per heavy atom. The monoisotopic (exact) mass is 460 g/mol. The lowest BCUT2D eigenvalue weighted by atomic mass is 9.89. The third-order valence-corrected chi connectivity index (χ3v) is 5.91. The number of piperidine rings is 1. The van der Waals surface area contributed by atoms with E-state index in [-0.39, 0.29) is 12.4 Å². The van der Waals surface area contributed by atoms with E-state index in [1.54, 1.807) is 6.07 Å². The first-order valence-electron chi connectivity index (χ1n) is 10.7. The van der Waals surface area contributed by atoms with Crippen LogP contribution in [0.1, 0.15) is 36.4 Å². The van der Waals surface area contributed by atoms with Gasteiger partial charge in [0.05, 0.1) is 23.8 Å². The molecule has 0 atom stereocenters. The van der Waals surface area contributed by atoms with Crippen LogP contribution >= 0.6 is 0 Å². The molecule has 6 nitrogen and oxygen atoms in total. The van der Waals surface area contributed by atoms with Crippen LogP contribution in [0.3, 0.4) is 0 Å². The number of nitrogens with two attached hydrogens (primary N) is 1. The second-order valence-electron chi connectivity index (χ2n) is 8.11. The number of benzene rings is 2. The fourth-order valence-electron chi connectivity index (χ4n) is 4.09. The molecule has 33 heavy (non-hydrogen) atoms. The van der Waals surface area contributed by atoms with E-state index in [2.05, 4.69) is 20.3 Å². The number of hydrazone groups is 1. The van der Waals surface area contributed by atoms with Gasteiger partial charge in [0, 0.05) is 11.9 Å². The van der Waals surface area contributed by atoms with Crippen molar-refractivity contribution in [3.63, 3.8) is 0 Å². The van der Waals surface area contributed by atoms with Crippen molar-refractivity contribution in [2.75, 3.05) is 19.6 Å². The number of hydrogen-bond acceptors (Lipinski definition) is 5. The van der Waals surface area contributed by atoms with Crippen LogP contribution < -0.4 is 5.84 Å². The Hall–Kier alpha value is -3.27. The third kappa shape index (κ3) is 5.75. The Balaban J connectivity index is 1.37. The first kappa shape index (κ1) is 22.9. The fourth-order valence-corrected chi connectivity index (χ4v) is 4.09. The smallest absolute Gasteiger partial charge is 0.323 e. The molecule has 2 aromatic carbocycles. The molecule has 10 heteroatoms. The average molecular weight is 460 g/mol. The van der Waals surface area contributed by atoms with Crippen molar-refractivity contribution < 1.29 is 17.6 Å². The molecule has 1 fully saturated rings. The SMILES string of the molecule is NN=C(C=Nc1ccc(C2CCN(CCC(F)(F)F)CC2)cc1)c1n[nH]c2cc(F)ccc12. The lowest BCUT2D eigenvalue weighted by Gasteiger charge is -2.32. The molecule has 0 aliphatic carbocycles. The first-order chi connectivity index (χ1) is 15.8. The Morgan fingerprint density at radius 1 is 1.15 bits per heavy atom. The maximum Gasteiger partial charge on any atom is 0.390 e. The van der Waals surface area contributed by atoms with Crippen LogP contribution in [0.5, 0.6) is 0 Å². The van der Waals surface area contributed by atoms with E-state index in [9.17, 15) is 17.6 Å². The summed E-state index contributed by atoms with van der Waals surface area (Å²) in [4.78, 5) is 6.30. The molecule has 3 aromatic rings. The molecule has 0 spiro atoms. The number of hydrogen-bond donors (Lipinski definition) is 2. The highest BCUT2D eigenvalue weighted by Gasteiger charge is 2.29. The summed E-state index contributed by atoms with van der Waals surface area (Å²) in [6.45, 7) is 1.39. The number of rotatable bonds is 6. The maximum absolute atomic E-state index is 13.4. The fraction of sp³-hybridized carbons (Fsp3) is 0.348. The summed E-state index contributed by atoms with van der Waals surface area (Å²) in [6, 6.07) is 12.0. The van der Waals surface area contributed by atoms with Crippen molar-refractivity contribution in [1.29, 1.82) is 0 Å². The highest BCUT2D eigenvalue weighted by molar-refractivity contribution is 6.40. The number of likely N-dealkylation sites (tertiary alicyclic amines) is 1. The molecule has 2 heterocycles. The zero-order valence-electron chi connectivity index (χ0n) is 17.8. The van der Waals surface area contributed by atoms with E-state index in [4.69, 9.17) is 5.84 Å². The summed E-state index contributed by atoms with van der Waals surface area (Å²) in [7, 11) is 0. The lowest BCUT2D eigenvalue weighted by Crippen LogP contribution is -2.35. The molecule has 4 rings (SSSR count). The van der Waals surface area contributed by atoms with E-state index >= 15 is 0 Å². The number of nitrogens with zero attached hydrogens (tertiary/aromatic N) is 4. The van der Waals surface area contributed by atoms with Gasteiger partial charge in [-0.05, 0) is 67.7 Å². The molecular formula is C23H24F4N6. The minimum Gasteiger partial charge on any atom is -0.323 e. The quantitative estimate of drug-likeness (QED) is 0.238. The van der Waals surface area contributed by atoms with E-state index in [1.165, 1.54) is 18.3 Å². The average Bonchev–Trinajstić information content (AvgIpc) is 3.21. The Labute approximate surface area is 188 Å². The summed E-state index contributed by atoms with van der Waals surface area (Å²) in [5.74, 6) is 5.48. The molecular weight excluding hydrogens is 436 g/mol. The summed E-state index contributed by atoms with van der Waals surface area (Å²) in [6.07, 6.45) is -1.70. The van der Waals surface area contributed by atoms with Gasteiger partial charge in [-0.15, -0.1) is 0 Å². The zero-order valence-corrected chi connectivity index (χ0v) is 17.8. The van der Waals surface area contributed by atoms with Crippen molar-refractivity contribution in [2.24, 2.45) is 15.9 Å². The number of aliphatic imine (C=N–C) groups is 1. The number of fused-ring (bicyclic) bond motifs is 1. The molecule has 1 saturated heterocycles. The predicted molar refractivity (Wildman–Crippen MR) is 120 cm³/mol. The number of aromatic amines is 1. The van der Waals surface area contributed by atoms with Crippen molar-refractivity contribution >= 4 is 28.5 Å². The lowest BCUT2D eigenvalue weighted by molar-refractivity contribution is -0.138. The topological polar surface area (TPSA) is 82.7 Å². The number of aromatic nitrogens is 2. The molecule has 0 bridgehead atoms. The van der Waals surface area contributed by atoms with Crippen molar-refractivity contribution in [3.8, 4) is 0 Å². The van der Waals surface area contributed by atoms with Crippen LogP contribution in [-0.2, 0) is 0 Å². The van der Waals surface area contributed by atoms with Crippen LogP contribution in [0.25, 0.3) is 10.9 Å². The van der Waals surface area contributed by atoms with Crippen molar-refractivity contribution in [1.82, 2.24) is 15.1 Å². The van der Waals surface area contributed by atoms with Crippen LogP contribution in [0.4, 0.5) is 23.2 Å². The van der Waals surface area contributed by atoms with E-state index in [1.807, 2.05) is 29.2 Å². The van der Waals surface area contributed by atoms with E-state index < -0.39 is 12.6 Å². The van der Waals surface area contributed by atoms with Gasteiger partial charge in [0.2, 0.25) is 0 Å². The molecule has 1 aromatic heterocycles. The highest BCUT2D eigenvalue weighted by atomic mass is 19.4. The first-order valence-corrected chi connectivity index (χ1v) is 10.7. The highest BCUT2D eigenvalue weighted by Crippen LogP contribution is 2.30. The van der Waals surface area contributed by atoms with Gasteiger partial charge in [0.25, 0.3) is 0 Å². The molecule has 0 unspecified atom stereocenters. The van der Waals surface area contributed by atoms with Crippen LogP contribution in [0, 0.1) is 5.82 Å². The van der Waals surface area contributed by atoms with Gasteiger partial charge >= 0.3 is 6.18 Å². The second kappa shape index (κ2) is 9.70. The minimum absolute atomic E-state index is 0.0646. The molecule has 174 valence electrons. The summed E-state index contributed by atoms with van der Waals surface area (Å²) < 4.78 is 50.6. The van der Waals surface area contributed by atoms with E-state index in [0.717, 1.165) is 18.4 Å². The molecule has 0 saturated carbocycles. The number of halogens is 4. The Bertz CT molecular complexity index is 1140. The summed E-state index contributed by atoms with van der Waals surface area (Å²) in [5.41, 5.74) is 3.22. The summed E-state index contributed by atoms with van der Waals surface area (Å²) in [5, 5.41) is 11.4. The molecule has 1 aliphatic rings. The zero-order chi connectivity index (χ0) is 23.4. The minimum atomic E-state index is -4.11. The molecule has 1 aliphatic heterocycles. The molecule has 0 radical (unpaired) electrons. The van der Waals surface area contributed by atoms with Crippen molar-refractivity contribution in [3.05, 3.63) is 59.5 Å². The largest absolute Gasteiger partial charge is 0.390 e. The van der Waals surface area contributed by atoms with Gasteiger partial charge in [0.15, 0.2) is 0 Å². The molecule has 3 N–H and O–H groups in total. The number of H-pyrrole nitrogens is 1. The number of alkyl halides is 3. The van der Waals surface area contributed by atoms with Crippen LogP contribution in [0.2, 0.25) is 0 Å². The number of nitrogens with one attached hydrogen (secondary N) is 1. The standard InChI is InChI=1S/C23H24F4N6/c24-17-3-6-19-20(13-17)31-32-22(19)21(30-28)14-29-18-4-1-15(2-5-18)16-7-10-33(11-8-16)12-9-23(25,26)27/h1-6,13-14,16H,7-12,28H2,(H,31,32). The van der Waals surface area contributed by atoms with Gasteiger partial charge in [0.1, 0.15) is 17.2 Å². The van der Waals surface area contributed by atoms with Crippen LogP contribution in [0.15, 0.2) is 52.6 Å². The Morgan fingerprint density at radius 2 is 1.88 bits per heavy atom.